The van der Waals surface area contributed by atoms with Crippen molar-refractivity contribution in [3.63, 3.8) is 0 Å². The van der Waals surface area contributed by atoms with Crippen molar-refractivity contribution in [2.24, 2.45) is 11.8 Å². The second-order valence-corrected chi connectivity index (χ2v) is 10.9. The van der Waals surface area contributed by atoms with Crippen LogP contribution >= 0.6 is 11.8 Å². The summed E-state index contributed by atoms with van der Waals surface area (Å²) in [6, 6.07) is 7.52. The number of benzene rings is 1. The minimum atomic E-state index is -0.706. The van der Waals surface area contributed by atoms with Gasteiger partial charge in [-0.15, -0.1) is 0 Å². The molecule has 2 N–H and O–H groups in total. The van der Waals surface area contributed by atoms with Crippen LogP contribution in [-0.2, 0) is 4.79 Å². The van der Waals surface area contributed by atoms with Gasteiger partial charge in [0.05, 0.1) is 24.6 Å². The molecule has 2 fully saturated rings. The van der Waals surface area contributed by atoms with Crippen LogP contribution in [0.15, 0.2) is 30.5 Å². The van der Waals surface area contributed by atoms with Gasteiger partial charge in [0.25, 0.3) is 0 Å². The molecule has 2 heterocycles. The van der Waals surface area contributed by atoms with Crippen LogP contribution < -0.4 is 4.74 Å². The minimum absolute atomic E-state index is 0.0976. The van der Waals surface area contributed by atoms with E-state index >= 15 is 0 Å². The molecule has 1 saturated heterocycles. The zero-order chi connectivity index (χ0) is 23.2. The summed E-state index contributed by atoms with van der Waals surface area (Å²) in [6.45, 7) is 2.57. The van der Waals surface area contributed by atoms with Gasteiger partial charge < -0.3 is 19.8 Å². The van der Waals surface area contributed by atoms with Crippen molar-refractivity contribution in [3.05, 3.63) is 36.0 Å². The Morgan fingerprint density at radius 1 is 1.30 bits per heavy atom. The molecule has 0 bridgehead atoms. The van der Waals surface area contributed by atoms with Gasteiger partial charge >= 0.3 is 5.97 Å². The van der Waals surface area contributed by atoms with Crippen molar-refractivity contribution < 1.29 is 19.7 Å². The Kier molecular flexibility index (Phi) is 8.50. The van der Waals surface area contributed by atoms with Gasteiger partial charge in [0.2, 0.25) is 0 Å². The van der Waals surface area contributed by atoms with Crippen LogP contribution in [0.4, 0.5) is 0 Å². The smallest absolute Gasteiger partial charge is 0.308 e. The van der Waals surface area contributed by atoms with Crippen LogP contribution in [0.25, 0.3) is 10.9 Å². The average Bonchev–Trinajstić information content (AvgIpc) is 2.80. The molecular formula is C26H36N2O4S. The van der Waals surface area contributed by atoms with E-state index < -0.39 is 12.1 Å². The van der Waals surface area contributed by atoms with Gasteiger partial charge in [-0.05, 0) is 93.1 Å². The molecule has 0 spiro atoms. The topological polar surface area (TPSA) is 82.9 Å². The first-order valence-electron chi connectivity index (χ1n) is 12.2. The number of carbonyl (C=O) groups is 1. The third kappa shape index (κ3) is 6.19. The van der Waals surface area contributed by atoms with E-state index in [0.29, 0.717) is 19.4 Å². The minimum Gasteiger partial charge on any atom is -0.497 e. The molecule has 0 unspecified atom stereocenters. The highest BCUT2D eigenvalue weighted by molar-refractivity contribution is 7.99. The van der Waals surface area contributed by atoms with E-state index in [9.17, 15) is 15.0 Å². The first-order valence-corrected chi connectivity index (χ1v) is 13.3. The third-order valence-electron chi connectivity index (χ3n) is 7.33. The molecule has 2 aliphatic rings. The molecule has 180 valence electrons. The first kappa shape index (κ1) is 24.3. The van der Waals surface area contributed by atoms with E-state index in [1.54, 1.807) is 13.3 Å². The maximum absolute atomic E-state index is 12.0. The number of ether oxygens (including phenoxy) is 1. The highest BCUT2D eigenvalue weighted by Crippen LogP contribution is 2.34. The highest BCUT2D eigenvalue weighted by atomic mass is 32.2. The number of aromatic nitrogens is 1. The molecule has 1 saturated carbocycles. The summed E-state index contributed by atoms with van der Waals surface area (Å²) in [6.07, 6.45) is 8.44. The summed E-state index contributed by atoms with van der Waals surface area (Å²) in [5, 5.41) is 22.6. The van der Waals surface area contributed by atoms with Crippen LogP contribution in [0, 0.1) is 11.8 Å². The number of likely N-dealkylation sites (tertiary alicyclic amines) is 1. The predicted molar refractivity (Wildman–Crippen MR) is 133 cm³/mol. The normalized spacial score (nSPS) is 22.7. The van der Waals surface area contributed by atoms with E-state index in [2.05, 4.69) is 21.6 Å². The number of hydrogen-bond acceptors (Lipinski definition) is 6. The summed E-state index contributed by atoms with van der Waals surface area (Å²) in [4.78, 5) is 18.7. The highest BCUT2D eigenvalue weighted by Gasteiger charge is 2.34. The maximum Gasteiger partial charge on any atom is 0.308 e. The Hall–Kier alpha value is -1.83. The number of pyridine rings is 1. The van der Waals surface area contributed by atoms with Gasteiger partial charge in [-0.3, -0.25) is 9.78 Å². The molecule has 7 heteroatoms. The molecule has 33 heavy (non-hydrogen) atoms. The van der Waals surface area contributed by atoms with Crippen molar-refractivity contribution in [3.8, 4) is 5.75 Å². The number of aliphatic carboxylic acids is 1. The zero-order valence-electron chi connectivity index (χ0n) is 19.5. The van der Waals surface area contributed by atoms with Gasteiger partial charge in [-0.2, -0.15) is 11.8 Å². The molecule has 3 atom stereocenters. The van der Waals surface area contributed by atoms with Gasteiger partial charge in [0, 0.05) is 23.4 Å². The summed E-state index contributed by atoms with van der Waals surface area (Å²) < 4.78 is 5.34. The summed E-state index contributed by atoms with van der Waals surface area (Å²) in [5.74, 6) is 0.939. The number of carboxylic acid groups (broad SMARTS) is 1. The molecule has 4 rings (SSSR count). The summed E-state index contributed by atoms with van der Waals surface area (Å²) >= 11 is 2.09. The number of fused-ring (bicyclic) bond motifs is 1. The molecule has 6 nitrogen and oxygen atoms in total. The van der Waals surface area contributed by atoms with Gasteiger partial charge in [-0.25, -0.2) is 0 Å². The lowest BCUT2D eigenvalue weighted by atomic mass is 9.81. The van der Waals surface area contributed by atoms with Crippen molar-refractivity contribution in [2.75, 3.05) is 32.5 Å². The largest absolute Gasteiger partial charge is 0.497 e. The second kappa shape index (κ2) is 11.5. The van der Waals surface area contributed by atoms with Crippen LogP contribution in [0.1, 0.15) is 56.6 Å². The van der Waals surface area contributed by atoms with Crippen LogP contribution in [-0.4, -0.2) is 63.8 Å². The lowest BCUT2D eigenvalue weighted by molar-refractivity contribution is -0.146. The predicted octanol–water partition coefficient (Wildman–Crippen LogP) is 4.76. The van der Waals surface area contributed by atoms with E-state index in [-0.39, 0.29) is 11.8 Å². The number of piperidine rings is 1. The number of hydrogen-bond donors (Lipinski definition) is 2. The number of aliphatic hydroxyl groups excluding tert-OH is 1. The fourth-order valence-corrected chi connectivity index (χ4v) is 6.36. The van der Waals surface area contributed by atoms with Crippen LogP contribution in [0.3, 0.4) is 0 Å². The Morgan fingerprint density at radius 3 is 2.88 bits per heavy atom. The molecule has 1 aromatic carbocycles. The maximum atomic E-state index is 12.0. The van der Waals surface area contributed by atoms with Gasteiger partial charge in [0.15, 0.2) is 0 Å². The SMILES string of the molecule is COc1ccc2nccc([C@H](O)CC[C@@H]3CCN(CCCSC4CCC4)C[C@@H]3C(=O)O)c2c1. The zero-order valence-corrected chi connectivity index (χ0v) is 20.3. The fourth-order valence-electron chi connectivity index (χ4n) is 5.06. The molecular weight excluding hydrogens is 436 g/mol. The van der Waals surface area contributed by atoms with E-state index in [0.717, 1.165) is 53.4 Å². The van der Waals surface area contributed by atoms with Crippen LogP contribution in [0.5, 0.6) is 5.75 Å². The number of thioether (sulfide) groups is 1. The summed E-state index contributed by atoms with van der Waals surface area (Å²) in [7, 11) is 1.62. The fraction of sp³-hybridized carbons (Fsp3) is 0.615. The van der Waals surface area contributed by atoms with E-state index in [1.165, 1.54) is 25.0 Å². The van der Waals surface area contributed by atoms with E-state index in [1.807, 2.05) is 24.3 Å². The Labute approximate surface area is 200 Å². The molecule has 0 radical (unpaired) electrons. The van der Waals surface area contributed by atoms with Gasteiger partial charge in [0.1, 0.15) is 5.75 Å². The van der Waals surface area contributed by atoms with Crippen molar-refractivity contribution >= 4 is 28.6 Å². The lowest BCUT2D eigenvalue weighted by Crippen LogP contribution is -2.44. The van der Waals surface area contributed by atoms with Crippen LogP contribution in [0.2, 0.25) is 0 Å². The Balaban J connectivity index is 1.31. The number of aliphatic hydroxyl groups is 1. The van der Waals surface area contributed by atoms with Crippen molar-refractivity contribution in [2.45, 2.75) is 56.3 Å². The first-order chi connectivity index (χ1) is 16.0. The standard InChI is InChI=1S/C26H36N2O4S/c1-32-19-7-8-24-22(16-19)21(10-12-27-24)25(29)9-6-18-11-14-28(17-23(18)26(30)31)13-3-15-33-20-4-2-5-20/h7-8,10,12,16,18,20,23,25,29H,2-6,9,11,13-15,17H2,1H3,(H,30,31)/t18-,23+,25-/m1/s1. The lowest BCUT2D eigenvalue weighted by Gasteiger charge is -2.37. The molecule has 1 aliphatic carbocycles. The van der Waals surface area contributed by atoms with Crippen molar-refractivity contribution in [1.29, 1.82) is 0 Å². The number of rotatable bonds is 11. The van der Waals surface area contributed by atoms with E-state index in [4.69, 9.17) is 4.74 Å². The Morgan fingerprint density at radius 2 is 2.15 bits per heavy atom. The Bertz CT molecular complexity index is 936. The average molecular weight is 473 g/mol. The molecule has 1 aliphatic heterocycles. The number of carboxylic acids is 1. The molecule has 1 aromatic heterocycles. The summed E-state index contributed by atoms with van der Waals surface area (Å²) in [5.41, 5.74) is 1.65. The third-order valence-corrected chi connectivity index (χ3v) is 8.80. The number of nitrogens with zero attached hydrogens (tertiary/aromatic N) is 2. The van der Waals surface area contributed by atoms with Gasteiger partial charge in [-0.1, -0.05) is 6.42 Å². The monoisotopic (exact) mass is 472 g/mol. The molecule has 0 amide bonds. The van der Waals surface area contributed by atoms with Crippen molar-refractivity contribution in [1.82, 2.24) is 9.88 Å². The number of methoxy groups -OCH3 is 1. The quantitative estimate of drug-likeness (QED) is 0.457. The second-order valence-electron chi connectivity index (χ2n) is 9.45. The molecule has 2 aromatic rings.